The molecule has 2 nitrogen and oxygen atoms in total. The van der Waals surface area contributed by atoms with Gasteiger partial charge in [0.15, 0.2) is 0 Å². The van der Waals surface area contributed by atoms with Gasteiger partial charge in [-0.1, -0.05) is 23.1 Å². The van der Waals surface area contributed by atoms with Crippen molar-refractivity contribution in [2.45, 2.75) is 11.3 Å². The van der Waals surface area contributed by atoms with Gasteiger partial charge < -0.3 is 0 Å². The molecule has 0 saturated heterocycles. The predicted molar refractivity (Wildman–Crippen MR) is 57.3 cm³/mol. The van der Waals surface area contributed by atoms with E-state index >= 15 is 0 Å². The van der Waals surface area contributed by atoms with Gasteiger partial charge in [0.25, 0.3) is 4.34 Å². The van der Waals surface area contributed by atoms with Crippen molar-refractivity contribution >= 4 is 33.4 Å². The molecular formula is C9H11N2S2+. The molecule has 0 fully saturated rings. The Balaban J connectivity index is 2.75. The van der Waals surface area contributed by atoms with E-state index in [0.717, 1.165) is 9.99 Å². The van der Waals surface area contributed by atoms with Crippen LogP contribution in [-0.2, 0) is 7.05 Å². The van der Waals surface area contributed by atoms with Crippen LogP contribution in [0.2, 0.25) is 0 Å². The van der Waals surface area contributed by atoms with Crippen LogP contribution in [0.1, 0.15) is 5.56 Å². The normalized spacial score (nSPS) is 11.0. The fourth-order valence-electron chi connectivity index (χ4n) is 1.35. The Morgan fingerprint density at radius 2 is 2.31 bits per heavy atom. The van der Waals surface area contributed by atoms with Gasteiger partial charge in [0.2, 0.25) is 0 Å². The van der Waals surface area contributed by atoms with Gasteiger partial charge in [0.05, 0.1) is 13.2 Å². The van der Waals surface area contributed by atoms with E-state index in [1.54, 1.807) is 23.1 Å². The first-order chi connectivity index (χ1) is 6.20. The summed E-state index contributed by atoms with van der Waals surface area (Å²) in [4.78, 5) is 4.52. The maximum Gasteiger partial charge on any atom is 0.342 e. The zero-order valence-corrected chi connectivity index (χ0v) is 9.50. The van der Waals surface area contributed by atoms with Crippen molar-refractivity contribution in [3.05, 3.63) is 17.8 Å². The van der Waals surface area contributed by atoms with Crippen LogP contribution < -0.4 is 4.57 Å². The summed E-state index contributed by atoms with van der Waals surface area (Å²) in [7, 11) is 2.04. The number of fused-ring (bicyclic) bond motifs is 1. The van der Waals surface area contributed by atoms with Gasteiger partial charge in [-0.3, -0.25) is 0 Å². The van der Waals surface area contributed by atoms with E-state index in [1.807, 2.05) is 7.05 Å². The first-order valence-corrected chi connectivity index (χ1v) is 6.05. The van der Waals surface area contributed by atoms with Crippen LogP contribution in [0.5, 0.6) is 0 Å². The Labute approximate surface area is 85.6 Å². The number of rotatable bonds is 1. The summed E-state index contributed by atoms with van der Waals surface area (Å²) in [5.41, 5.74) is 2.37. The topological polar surface area (TPSA) is 16.8 Å². The Morgan fingerprint density at radius 3 is 3.00 bits per heavy atom. The second-order valence-corrected chi connectivity index (χ2v) is 5.08. The van der Waals surface area contributed by atoms with E-state index < -0.39 is 0 Å². The molecule has 4 heteroatoms. The van der Waals surface area contributed by atoms with Gasteiger partial charge in [-0.15, -0.1) is 0 Å². The van der Waals surface area contributed by atoms with Crippen LogP contribution in [0.25, 0.3) is 10.3 Å². The molecule has 0 atom stereocenters. The minimum Gasteiger partial charge on any atom is -0.232 e. The van der Waals surface area contributed by atoms with Crippen LogP contribution in [0, 0.1) is 6.92 Å². The van der Waals surface area contributed by atoms with Crippen LogP contribution in [0.3, 0.4) is 0 Å². The molecule has 0 amide bonds. The summed E-state index contributed by atoms with van der Waals surface area (Å²) < 4.78 is 4.49. The molecule has 68 valence electrons. The minimum absolute atomic E-state index is 1.08. The summed E-state index contributed by atoms with van der Waals surface area (Å²) in [6.45, 7) is 2.11. The summed E-state index contributed by atoms with van der Waals surface area (Å²) in [6, 6.07) is 2.19. The SMILES string of the molecule is CSc1nc2c(cc(C)c[n+]2C)s1. The Kier molecular flexibility index (Phi) is 2.26. The van der Waals surface area contributed by atoms with Gasteiger partial charge in [-0.25, -0.2) is 4.57 Å². The predicted octanol–water partition coefficient (Wildman–Crippen LogP) is 2.15. The van der Waals surface area contributed by atoms with E-state index in [-0.39, 0.29) is 0 Å². The third-order valence-electron chi connectivity index (χ3n) is 1.88. The number of thiazole rings is 1. The Morgan fingerprint density at radius 1 is 1.54 bits per heavy atom. The summed E-state index contributed by atoms with van der Waals surface area (Å²) >= 11 is 3.46. The van der Waals surface area contributed by atoms with Gasteiger partial charge in [-0.05, 0) is 29.8 Å². The average Bonchev–Trinajstić information content (AvgIpc) is 2.47. The molecule has 2 heterocycles. The highest BCUT2D eigenvalue weighted by molar-refractivity contribution is 8.00. The van der Waals surface area contributed by atoms with Crippen LogP contribution >= 0.6 is 23.1 Å². The molecule has 0 aliphatic carbocycles. The molecule has 0 spiro atoms. The van der Waals surface area contributed by atoms with Crippen molar-refractivity contribution in [3.8, 4) is 0 Å². The van der Waals surface area contributed by atoms with Gasteiger partial charge in [0.1, 0.15) is 4.70 Å². The summed E-state index contributed by atoms with van der Waals surface area (Å²) in [5, 5.41) is 0. The molecule has 0 unspecified atom stereocenters. The van der Waals surface area contributed by atoms with Crippen molar-refractivity contribution in [1.29, 1.82) is 0 Å². The second kappa shape index (κ2) is 3.27. The third-order valence-corrected chi connectivity index (χ3v) is 3.86. The largest absolute Gasteiger partial charge is 0.342 e. The first-order valence-electron chi connectivity index (χ1n) is 4.01. The van der Waals surface area contributed by atoms with Gasteiger partial charge in [0, 0.05) is 0 Å². The monoisotopic (exact) mass is 211 g/mol. The molecule has 13 heavy (non-hydrogen) atoms. The van der Waals surface area contributed by atoms with Crippen molar-refractivity contribution < 1.29 is 4.57 Å². The minimum atomic E-state index is 1.08. The van der Waals surface area contributed by atoms with Crippen LogP contribution in [0.15, 0.2) is 16.6 Å². The molecule has 0 saturated carbocycles. The fraction of sp³-hybridized carbons (Fsp3) is 0.333. The molecule has 2 aromatic rings. The van der Waals surface area contributed by atoms with E-state index in [9.17, 15) is 0 Å². The zero-order chi connectivity index (χ0) is 9.42. The molecule has 2 rings (SSSR count). The lowest BCUT2D eigenvalue weighted by Gasteiger charge is -1.91. The smallest absolute Gasteiger partial charge is 0.232 e. The van der Waals surface area contributed by atoms with Crippen molar-refractivity contribution in [3.63, 3.8) is 0 Å². The fourth-order valence-corrected chi connectivity index (χ4v) is 2.98. The number of aryl methyl sites for hydroxylation is 2. The van der Waals surface area contributed by atoms with Gasteiger partial charge >= 0.3 is 5.65 Å². The summed E-state index contributed by atoms with van der Waals surface area (Å²) in [5.74, 6) is 0. The lowest BCUT2D eigenvalue weighted by Crippen LogP contribution is -2.28. The lowest BCUT2D eigenvalue weighted by atomic mass is 10.3. The number of hydrogen-bond acceptors (Lipinski definition) is 3. The third kappa shape index (κ3) is 1.56. The maximum absolute atomic E-state index is 4.52. The molecular weight excluding hydrogens is 200 g/mol. The molecule has 0 aliphatic rings. The van der Waals surface area contributed by atoms with E-state index in [1.165, 1.54) is 10.3 Å². The molecule has 0 aliphatic heterocycles. The van der Waals surface area contributed by atoms with Crippen molar-refractivity contribution in [2.75, 3.05) is 6.26 Å². The molecule has 0 N–H and O–H groups in total. The molecule has 0 aromatic carbocycles. The Bertz CT molecular complexity index is 448. The average molecular weight is 211 g/mol. The number of pyridine rings is 1. The molecule has 2 aromatic heterocycles. The number of aromatic nitrogens is 2. The maximum atomic E-state index is 4.52. The highest BCUT2D eigenvalue weighted by Gasteiger charge is 2.14. The standard InChI is InChI=1S/C9H11N2S2/c1-6-4-7-8(11(2)5-6)10-9(12-3)13-7/h4-5H,1-3H3/q+1. The number of hydrogen-bond donors (Lipinski definition) is 0. The van der Waals surface area contributed by atoms with Crippen LogP contribution in [-0.4, -0.2) is 11.2 Å². The van der Waals surface area contributed by atoms with Crippen LogP contribution in [0.4, 0.5) is 0 Å². The van der Waals surface area contributed by atoms with E-state index in [0.29, 0.717) is 0 Å². The zero-order valence-electron chi connectivity index (χ0n) is 7.87. The highest BCUT2D eigenvalue weighted by atomic mass is 32.2. The quantitative estimate of drug-likeness (QED) is 0.531. The first kappa shape index (κ1) is 8.97. The van der Waals surface area contributed by atoms with Crippen molar-refractivity contribution in [1.82, 2.24) is 4.98 Å². The highest BCUT2D eigenvalue weighted by Crippen LogP contribution is 2.26. The van der Waals surface area contributed by atoms with Gasteiger partial charge in [-0.2, -0.15) is 0 Å². The Hall–Kier alpha value is -0.610. The number of nitrogens with zero attached hydrogens (tertiary/aromatic N) is 2. The molecule has 0 radical (unpaired) electrons. The van der Waals surface area contributed by atoms with E-state index in [4.69, 9.17) is 0 Å². The number of thioether (sulfide) groups is 1. The van der Waals surface area contributed by atoms with Crippen molar-refractivity contribution in [2.24, 2.45) is 7.05 Å². The lowest BCUT2D eigenvalue weighted by molar-refractivity contribution is -0.647. The molecule has 0 bridgehead atoms. The van der Waals surface area contributed by atoms with E-state index in [2.05, 4.69) is 35.0 Å². The summed E-state index contributed by atoms with van der Waals surface area (Å²) in [6.07, 6.45) is 4.16. The second-order valence-electron chi connectivity index (χ2n) is 3.00.